The van der Waals surface area contributed by atoms with Gasteiger partial charge in [-0.15, -0.1) is 0 Å². The number of hydrogen-bond acceptors (Lipinski definition) is 4. The third-order valence-corrected chi connectivity index (χ3v) is 3.61. The lowest BCUT2D eigenvalue weighted by molar-refractivity contribution is 0.102. The van der Waals surface area contributed by atoms with Gasteiger partial charge in [0.1, 0.15) is 0 Å². The number of rotatable bonds is 3. The first-order valence-electron chi connectivity index (χ1n) is 7.06. The average molecular weight is 265 g/mol. The van der Waals surface area contributed by atoms with Gasteiger partial charge < -0.3 is 4.90 Å². The van der Waals surface area contributed by atoms with Crippen molar-refractivity contribution in [3.8, 4) is 0 Å². The maximum atomic E-state index is 4.61. The fraction of sp³-hybridized carbons (Fsp3) is 0.786. The molecular weight excluding hydrogens is 238 g/mol. The molecule has 0 unspecified atom stereocenters. The van der Waals surface area contributed by atoms with E-state index in [9.17, 15) is 0 Å². The van der Waals surface area contributed by atoms with Gasteiger partial charge in [0.2, 0.25) is 0 Å². The first-order valence-corrected chi connectivity index (χ1v) is 7.06. The van der Waals surface area contributed by atoms with Crippen molar-refractivity contribution in [2.45, 2.75) is 32.7 Å². The van der Waals surface area contributed by atoms with Crippen LogP contribution in [0.15, 0.2) is 6.20 Å². The predicted octanol–water partition coefficient (Wildman–Crippen LogP) is 0.970. The molecular formula is C14H27N5. The summed E-state index contributed by atoms with van der Waals surface area (Å²) in [6.45, 7) is 11.9. The Morgan fingerprint density at radius 2 is 1.79 bits per heavy atom. The van der Waals surface area contributed by atoms with Gasteiger partial charge in [-0.2, -0.15) is 5.10 Å². The van der Waals surface area contributed by atoms with Crippen molar-refractivity contribution in [2.75, 3.05) is 33.2 Å². The van der Waals surface area contributed by atoms with E-state index in [1.54, 1.807) is 0 Å². The molecule has 0 bridgehead atoms. The van der Waals surface area contributed by atoms with Crippen LogP contribution in [-0.4, -0.2) is 52.9 Å². The van der Waals surface area contributed by atoms with E-state index in [1.807, 2.05) is 11.7 Å². The van der Waals surface area contributed by atoms with Crippen LogP contribution in [0, 0.1) is 0 Å². The number of nitrogens with zero attached hydrogens (tertiary/aromatic N) is 4. The number of hydrogen-bond donors (Lipinski definition) is 1. The van der Waals surface area contributed by atoms with E-state index in [0.29, 0.717) is 0 Å². The molecule has 0 aromatic carbocycles. The fourth-order valence-corrected chi connectivity index (χ4v) is 2.46. The molecule has 1 saturated heterocycles. The van der Waals surface area contributed by atoms with E-state index in [2.05, 4.69) is 54.4 Å². The molecule has 0 aliphatic carbocycles. The zero-order valence-electron chi connectivity index (χ0n) is 12.9. The van der Waals surface area contributed by atoms with E-state index < -0.39 is 0 Å². The van der Waals surface area contributed by atoms with Gasteiger partial charge in [-0.05, 0) is 7.05 Å². The lowest BCUT2D eigenvalue weighted by Crippen LogP contribution is -2.50. The van der Waals surface area contributed by atoms with Gasteiger partial charge in [0.25, 0.3) is 0 Å². The average Bonchev–Trinajstić information content (AvgIpc) is 2.70. The van der Waals surface area contributed by atoms with Crippen LogP contribution < -0.4 is 5.43 Å². The van der Waals surface area contributed by atoms with Crippen LogP contribution in [0.2, 0.25) is 0 Å². The van der Waals surface area contributed by atoms with Gasteiger partial charge in [-0.1, -0.05) is 20.8 Å². The van der Waals surface area contributed by atoms with E-state index in [-0.39, 0.29) is 5.41 Å². The number of piperazine rings is 1. The summed E-state index contributed by atoms with van der Waals surface area (Å²) in [5.74, 6) is 0. The first kappa shape index (κ1) is 14.5. The lowest BCUT2D eigenvalue weighted by Gasteiger charge is -2.32. The van der Waals surface area contributed by atoms with Gasteiger partial charge in [-0.3, -0.25) is 10.1 Å². The third-order valence-electron chi connectivity index (χ3n) is 3.61. The van der Waals surface area contributed by atoms with Crippen LogP contribution in [-0.2, 0) is 19.0 Å². The fourth-order valence-electron chi connectivity index (χ4n) is 2.46. The summed E-state index contributed by atoms with van der Waals surface area (Å²) in [7, 11) is 4.17. The molecule has 0 radical (unpaired) electrons. The standard InChI is InChI=1S/C14H27N5/c1-14(2,3)13-12(11-18(5)16-13)10-15-19-8-6-17(4)7-9-19/h11,15H,6-10H2,1-5H3. The molecule has 0 saturated carbocycles. The Kier molecular flexibility index (Phi) is 4.28. The van der Waals surface area contributed by atoms with Crippen molar-refractivity contribution in [1.29, 1.82) is 0 Å². The molecule has 1 fully saturated rings. The highest BCUT2D eigenvalue weighted by Gasteiger charge is 2.22. The Balaban J connectivity index is 1.96. The highest BCUT2D eigenvalue weighted by atomic mass is 15.5. The Labute approximate surface area is 116 Å². The predicted molar refractivity (Wildman–Crippen MR) is 77.8 cm³/mol. The van der Waals surface area contributed by atoms with E-state index in [4.69, 9.17) is 0 Å². The van der Waals surface area contributed by atoms with Crippen LogP contribution >= 0.6 is 0 Å². The summed E-state index contributed by atoms with van der Waals surface area (Å²) in [6, 6.07) is 0. The summed E-state index contributed by atoms with van der Waals surface area (Å²) in [6.07, 6.45) is 2.13. The molecule has 1 aromatic rings. The minimum Gasteiger partial charge on any atom is -0.304 e. The molecule has 19 heavy (non-hydrogen) atoms. The van der Waals surface area contributed by atoms with Crippen LogP contribution in [0.3, 0.4) is 0 Å². The second-order valence-electron chi connectivity index (χ2n) is 6.55. The molecule has 5 heteroatoms. The Morgan fingerprint density at radius 3 is 2.37 bits per heavy atom. The summed E-state index contributed by atoms with van der Waals surface area (Å²) < 4.78 is 1.92. The van der Waals surface area contributed by atoms with Crippen LogP contribution in [0.1, 0.15) is 32.0 Å². The Morgan fingerprint density at radius 1 is 1.16 bits per heavy atom. The molecule has 1 aromatic heterocycles. The van der Waals surface area contributed by atoms with Gasteiger partial charge in [0, 0.05) is 56.9 Å². The number of nitrogens with one attached hydrogen (secondary N) is 1. The van der Waals surface area contributed by atoms with Crippen LogP contribution in [0.5, 0.6) is 0 Å². The first-order chi connectivity index (χ1) is 8.86. The smallest absolute Gasteiger partial charge is 0.0723 e. The normalized spacial score (nSPS) is 19.0. The van der Waals surface area contributed by atoms with E-state index in [1.165, 1.54) is 11.3 Å². The van der Waals surface area contributed by atoms with E-state index >= 15 is 0 Å². The maximum Gasteiger partial charge on any atom is 0.0723 e. The Bertz CT molecular complexity index is 410. The molecule has 0 amide bonds. The van der Waals surface area contributed by atoms with Gasteiger partial charge in [0.15, 0.2) is 0 Å². The number of aromatic nitrogens is 2. The molecule has 108 valence electrons. The zero-order chi connectivity index (χ0) is 14.0. The third kappa shape index (κ3) is 3.78. The molecule has 2 rings (SSSR count). The molecule has 2 heterocycles. The second kappa shape index (κ2) is 5.61. The van der Waals surface area contributed by atoms with Crippen molar-refractivity contribution in [2.24, 2.45) is 7.05 Å². The lowest BCUT2D eigenvalue weighted by atomic mass is 9.89. The minimum absolute atomic E-state index is 0.0976. The second-order valence-corrected chi connectivity index (χ2v) is 6.55. The number of aryl methyl sites for hydroxylation is 1. The summed E-state index contributed by atoms with van der Waals surface area (Å²) in [5.41, 5.74) is 6.13. The van der Waals surface area contributed by atoms with Crippen molar-refractivity contribution in [1.82, 2.24) is 25.1 Å². The maximum absolute atomic E-state index is 4.61. The van der Waals surface area contributed by atoms with Crippen molar-refractivity contribution >= 4 is 0 Å². The largest absolute Gasteiger partial charge is 0.304 e. The highest BCUT2D eigenvalue weighted by molar-refractivity contribution is 5.23. The van der Waals surface area contributed by atoms with Crippen molar-refractivity contribution in [3.05, 3.63) is 17.5 Å². The minimum atomic E-state index is 0.0976. The van der Waals surface area contributed by atoms with Gasteiger partial charge >= 0.3 is 0 Å². The zero-order valence-corrected chi connectivity index (χ0v) is 12.9. The SMILES string of the molecule is CN1CCN(NCc2cn(C)nc2C(C)(C)C)CC1. The molecule has 1 N–H and O–H groups in total. The molecule has 1 aliphatic rings. The van der Waals surface area contributed by atoms with Crippen LogP contribution in [0.4, 0.5) is 0 Å². The number of likely N-dealkylation sites (N-methyl/N-ethyl adjacent to an activating group) is 1. The quantitative estimate of drug-likeness (QED) is 0.883. The van der Waals surface area contributed by atoms with E-state index in [0.717, 1.165) is 32.7 Å². The Hall–Kier alpha value is -0.910. The summed E-state index contributed by atoms with van der Waals surface area (Å²) in [4.78, 5) is 2.36. The monoisotopic (exact) mass is 265 g/mol. The highest BCUT2D eigenvalue weighted by Crippen LogP contribution is 2.24. The van der Waals surface area contributed by atoms with Crippen molar-refractivity contribution in [3.63, 3.8) is 0 Å². The van der Waals surface area contributed by atoms with Crippen molar-refractivity contribution < 1.29 is 0 Å². The summed E-state index contributed by atoms with van der Waals surface area (Å²) >= 11 is 0. The van der Waals surface area contributed by atoms with Gasteiger partial charge in [-0.25, -0.2) is 5.01 Å². The number of hydrazine groups is 1. The molecule has 0 spiro atoms. The topological polar surface area (TPSA) is 36.3 Å². The van der Waals surface area contributed by atoms with Gasteiger partial charge in [0.05, 0.1) is 5.69 Å². The molecule has 1 aliphatic heterocycles. The van der Waals surface area contributed by atoms with Crippen LogP contribution in [0.25, 0.3) is 0 Å². The summed E-state index contributed by atoms with van der Waals surface area (Å²) in [5, 5.41) is 6.93. The molecule has 0 atom stereocenters. The molecule has 5 nitrogen and oxygen atoms in total.